The highest BCUT2D eigenvalue weighted by molar-refractivity contribution is 9.10. The summed E-state index contributed by atoms with van der Waals surface area (Å²) in [6.45, 7) is 2.05. The van der Waals surface area contributed by atoms with Gasteiger partial charge in [0.15, 0.2) is 5.58 Å². The molecule has 4 rings (SSSR count). The topological polar surface area (TPSA) is 85.3 Å². The highest BCUT2D eigenvalue weighted by Gasteiger charge is 2.28. The Morgan fingerprint density at radius 3 is 2.65 bits per heavy atom. The third-order valence-corrected chi connectivity index (χ3v) is 6.48. The van der Waals surface area contributed by atoms with E-state index in [9.17, 15) is 5.11 Å². The van der Waals surface area contributed by atoms with Gasteiger partial charge in [0.25, 0.3) is 0 Å². The van der Waals surface area contributed by atoms with Crippen molar-refractivity contribution in [2.24, 2.45) is 0 Å². The van der Waals surface area contributed by atoms with Crippen molar-refractivity contribution < 1.29 is 9.52 Å². The Balaban J connectivity index is 1.38. The number of aliphatic hydroxyl groups is 1. The van der Waals surface area contributed by atoms with E-state index in [2.05, 4.69) is 31.1 Å². The number of hydrogen-bond donors (Lipinski definition) is 2. The van der Waals surface area contributed by atoms with Gasteiger partial charge in [-0.25, -0.2) is 4.98 Å². The molecular formula is C19H23BrN4O2. The van der Waals surface area contributed by atoms with E-state index in [-0.39, 0.29) is 6.10 Å². The molecule has 6 nitrogen and oxygen atoms in total. The molecule has 26 heavy (non-hydrogen) atoms. The van der Waals surface area contributed by atoms with Crippen LogP contribution in [0.4, 0.5) is 5.82 Å². The minimum Gasteiger partial charge on any atom is -0.444 e. The second-order valence-electron chi connectivity index (χ2n) is 7.34. The van der Waals surface area contributed by atoms with E-state index in [4.69, 9.17) is 9.68 Å². The second-order valence-corrected chi connectivity index (χ2v) is 8.13. The Labute approximate surface area is 161 Å². The van der Waals surface area contributed by atoms with Gasteiger partial charge in [-0.15, -0.1) is 0 Å². The first-order chi connectivity index (χ1) is 12.6. The summed E-state index contributed by atoms with van der Waals surface area (Å²) in [4.78, 5) is 7.02. The quantitative estimate of drug-likeness (QED) is 0.790. The summed E-state index contributed by atoms with van der Waals surface area (Å²) >= 11 is 3.60. The van der Waals surface area contributed by atoms with Gasteiger partial charge in [0, 0.05) is 36.6 Å². The molecule has 138 valence electrons. The zero-order chi connectivity index (χ0) is 18.1. The van der Waals surface area contributed by atoms with Gasteiger partial charge >= 0.3 is 0 Å². The fourth-order valence-electron chi connectivity index (χ4n) is 4.17. The minimum absolute atomic E-state index is 0.105. The number of furan rings is 1. The van der Waals surface area contributed by atoms with E-state index in [1.54, 1.807) is 12.3 Å². The van der Waals surface area contributed by atoms with E-state index < -0.39 is 0 Å². The van der Waals surface area contributed by atoms with Gasteiger partial charge in [-0.05, 0) is 54.5 Å². The second kappa shape index (κ2) is 7.55. The van der Waals surface area contributed by atoms with Crippen LogP contribution in [0.15, 0.2) is 21.2 Å². The fraction of sp³-hybridized carbons (Fsp3) is 0.579. The molecule has 0 amide bonds. The maximum Gasteiger partial charge on any atom is 0.204 e. The van der Waals surface area contributed by atoms with Crippen LogP contribution in [-0.4, -0.2) is 46.3 Å². The number of hydrogen-bond acceptors (Lipinski definition) is 6. The van der Waals surface area contributed by atoms with Crippen molar-refractivity contribution in [3.63, 3.8) is 0 Å². The third kappa shape index (κ3) is 3.59. The molecule has 1 saturated carbocycles. The molecule has 0 unspecified atom stereocenters. The summed E-state index contributed by atoms with van der Waals surface area (Å²) < 4.78 is 6.28. The number of pyridine rings is 1. The van der Waals surface area contributed by atoms with Gasteiger partial charge in [-0.1, -0.05) is 0 Å². The SMILES string of the molecule is N#Cc1cc2c(Br)c(NC3CCC(N4CCC(O)CC4)CC3)ncc2o1. The molecule has 0 aromatic carbocycles. The van der Waals surface area contributed by atoms with E-state index >= 15 is 0 Å². The molecule has 7 heteroatoms. The van der Waals surface area contributed by atoms with Crippen LogP contribution < -0.4 is 5.32 Å². The summed E-state index contributed by atoms with van der Waals surface area (Å²) in [5.41, 5.74) is 0.620. The van der Waals surface area contributed by atoms with E-state index in [1.165, 1.54) is 12.8 Å². The number of aliphatic hydroxyl groups excluding tert-OH is 1. The van der Waals surface area contributed by atoms with E-state index in [0.717, 1.165) is 54.4 Å². The molecule has 0 bridgehead atoms. The molecule has 0 atom stereocenters. The number of piperidine rings is 1. The maximum atomic E-state index is 9.68. The van der Waals surface area contributed by atoms with Crippen molar-refractivity contribution in [1.29, 1.82) is 5.26 Å². The average molecular weight is 419 g/mol. The number of fused-ring (bicyclic) bond motifs is 1. The molecule has 2 fully saturated rings. The minimum atomic E-state index is -0.105. The van der Waals surface area contributed by atoms with Crippen molar-refractivity contribution in [1.82, 2.24) is 9.88 Å². The molecule has 3 heterocycles. The predicted molar refractivity (Wildman–Crippen MR) is 103 cm³/mol. The van der Waals surface area contributed by atoms with Crippen LogP contribution in [0, 0.1) is 11.3 Å². The lowest BCUT2D eigenvalue weighted by Crippen LogP contribution is -2.45. The first-order valence-corrected chi connectivity index (χ1v) is 10.1. The molecule has 0 radical (unpaired) electrons. The highest BCUT2D eigenvalue weighted by atomic mass is 79.9. The number of aromatic nitrogens is 1. The summed E-state index contributed by atoms with van der Waals surface area (Å²) in [5, 5.41) is 23.1. The zero-order valence-corrected chi connectivity index (χ0v) is 16.2. The maximum absolute atomic E-state index is 9.68. The lowest BCUT2D eigenvalue weighted by Gasteiger charge is -2.40. The van der Waals surface area contributed by atoms with E-state index in [1.807, 2.05) is 6.07 Å². The Hall–Kier alpha value is -1.62. The number of nitriles is 1. The largest absolute Gasteiger partial charge is 0.444 e. The van der Waals surface area contributed by atoms with E-state index in [0.29, 0.717) is 23.4 Å². The molecular weight excluding hydrogens is 396 g/mol. The first-order valence-electron chi connectivity index (χ1n) is 9.31. The van der Waals surface area contributed by atoms with Crippen LogP contribution in [0.5, 0.6) is 0 Å². The molecule has 1 aliphatic carbocycles. The summed E-state index contributed by atoms with van der Waals surface area (Å²) in [6.07, 6.45) is 7.97. The average Bonchev–Trinajstić information content (AvgIpc) is 3.10. The number of halogens is 1. The van der Waals surface area contributed by atoms with Crippen LogP contribution in [-0.2, 0) is 0 Å². The standard InChI is InChI=1S/C19H23BrN4O2/c20-18-16-9-15(10-21)26-17(16)11-22-19(18)23-12-1-3-13(4-2-12)24-7-5-14(25)6-8-24/h9,11-14,25H,1-8H2,(H,22,23). The van der Waals surface area contributed by atoms with Crippen LogP contribution in [0.3, 0.4) is 0 Å². The molecule has 1 saturated heterocycles. The van der Waals surface area contributed by atoms with Crippen LogP contribution in [0.25, 0.3) is 11.0 Å². The number of nitrogens with one attached hydrogen (secondary N) is 1. The Kier molecular flexibility index (Phi) is 5.16. The smallest absolute Gasteiger partial charge is 0.204 e. The van der Waals surface area contributed by atoms with Gasteiger partial charge in [-0.3, -0.25) is 0 Å². The molecule has 2 aliphatic rings. The Morgan fingerprint density at radius 1 is 1.23 bits per heavy atom. The normalized spacial score (nSPS) is 25.3. The van der Waals surface area contributed by atoms with Gasteiger partial charge in [0.1, 0.15) is 11.9 Å². The van der Waals surface area contributed by atoms with Gasteiger partial charge in [0.05, 0.1) is 16.8 Å². The van der Waals surface area contributed by atoms with Crippen molar-refractivity contribution in [3.8, 4) is 6.07 Å². The number of nitrogens with zero attached hydrogens (tertiary/aromatic N) is 3. The van der Waals surface area contributed by atoms with Crippen LogP contribution in [0.1, 0.15) is 44.3 Å². The first kappa shape index (κ1) is 17.8. The predicted octanol–water partition coefficient (Wildman–Crippen LogP) is 3.64. The van der Waals surface area contributed by atoms with Gasteiger partial charge in [-0.2, -0.15) is 5.26 Å². The van der Waals surface area contributed by atoms with Crippen molar-refractivity contribution in [2.45, 2.75) is 56.7 Å². The molecule has 0 spiro atoms. The van der Waals surface area contributed by atoms with Gasteiger partial charge < -0.3 is 19.7 Å². The zero-order valence-electron chi connectivity index (χ0n) is 14.6. The van der Waals surface area contributed by atoms with Crippen molar-refractivity contribution in [2.75, 3.05) is 18.4 Å². The lowest BCUT2D eigenvalue weighted by atomic mass is 9.89. The van der Waals surface area contributed by atoms with Gasteiger partial charge in [0.2, 0.25) is 5.76 Å². The Bertz CT molecular complexity index is 815. The fourth-order valence-corrected chi connectivity index (χ4v) is 4.69. The number of likely N-dealkylation sites (tertiary alicyclic amines) is 1. The number of rotatable bonds is 3. The van der Waals surface area contributed by atoms with Crippen LogP contribution >= 0.6 is 15.9 Å². The molecule has 2 N–H and O–H groups in total. The highest BCUT2D eigenvalue weighted by Crippen LogP contribution is 2.34. The summed E-state index contributed by atoms with van der Waals surface area (Å²) in [6, 6.07) is 4.82. The molecule has 2 aromatic heterocycles. The molecule has 2 aromatic rings. The third-order valence-electron chi connectivity index (χ3n) is 5.68. The summed E-state index contributed by atoms with van der Waals surface area (Å²) in [7, 11) is 0. The van der Waals surface area contributed by atoms with Crippen LogP contribution in [0.2, 0.25) is 0 Å². The Morgan fingerprint density at radius 2 is 1.96 bits per heavy atom. The summed E-state index contributed by atoms with van der Waals surface area (Å²) in [5.74, 6) is 1.11. The number of anilines is 1. The van der Waals surface area contributed by atoms with Crippen molar-refractivity contribution in [3.05, 3.63) is 22.5 Å². The lowest BCUT2D eigenvalue weighted by molar-refractivity contribution is 0.0495. The molecule has 1 aliphatic heterocycles. The monoisotopic (exact) mass is 418 g/mol. The van der Waals surface area contributed by atoms with Crippen molar-refractivity contribution >= 4 is 32.7 Å².